The molecular formula is C13H20N4O. The van der Waals surface area contributed by atoms with Crippen LogP contribution in [0.1, 0.15) is 19.4 Å². The van der Waals surface area contributed by atoms with E-state index in [0.717, 1.165) is 24.2 Å². The first-order valence-electron chi connectivity index (χ1n) is 6.11. The summed E-state index contributed by atoms with van der Waals surface area (Å²) in [6.07, 6.45) is 0. The highest BCUT2D eigenvalue weighted by atomic mass is 16.1. The Morgan fingerprint density at radius 3 is 2.67 bits per heavy atom. The molecule has 2 aromatic rings. The Labute approximate surface area is 106 Å². The Morgan fingerprint density at radius 2 is 1.94 bits per heavy atom. The van der Waals surface area contributed by atoms with Gasteiger partial charge in [0.25, 0.3) is 0 Å². The molecule has 5 heteroatoms. The lowest BCUT2D eigenvalue weighted by Gasteiger charge is -2.25. The van der Waals surface area contributed by atoms with Crippen LogP contribution in [0.15, 0.2) is 23.0 Å². The van der Waals surface area contributed by atoms with Crippen molar-refractivity contribution in [3.05, 3.63) is 34.2 Å². The van der Waals surface area contributed by atoms with Gasteiger partial charge in [-0.2, -0.15) is 0 Å². The van der Waals surface area contributed by atoms with Gasteiger partial charge in [0.1, 0.15) is 0 Å². The van der Waals surface area contributed by atoms with Crippen molar-refractivity contribution in [1.29, 1.82) is 0 Å². The average molecular weight is 248 g/mol. The first-order chi connectivity index (χ1) is 8.53. The average Bonchev–Trinajstić information content (AvgIpc) is 2.68. The second-order valence-electron chi connectivity index (χ2n) is 5.18. The van der Waals surface area contributed by atoms with Gasteiger partial charge in [-0.05, 0) is 24.7 Å². The molecule has 0 aliphatic carbocycles. The smallest absolute Gasteiger partial charge is 0.308 e. The molecule has 0 amide bonds. The molecule has 2 rings (SSSR count). The number of aromatic amines is 2. The highest BCUT2D eigenvalue weighted by Gasteiger charge is 2.20. The number of hydrogen-bond donors (Lipinski definition) is 4. The molecule has 0 saturated carbocycles. The second-order valence-corrected chi connectivity index (χ2v) is 5.18. The van der Waals surface area contributed by atoms with Crippen molar-refractivity contribution in [3.63, 3.8) is 0 Å². The molecule has 0 aliphatic heterocycles. The highest BCUT2D eigenvalue weighted by molar-refractivity contribution is 5.75. The van der Waals surface area contributed by atoms with E-state index in [-0.39, 0.29) is 11.1 Å². The maximum atomic E-state index is 11.2. The summed E-state index contributed by atoms with van der Waals surface area (Å²) in [6, 6.07) is 6.05. The molecule has 98 valence electrons. The fourth-order valence-corrected chi connectivity index (χ4v) is 2.06. The molecule has 0 atom stereocenters. The molecular weight excluding hydrogens is 228 g/mol. The molecule has 0 unspecified atom stereocenters. The van der Waals surface area contributed by atoms with Gasteiger partial charge < -0.3 is 20.6 Å². The van der Waals surface area contributed by atoms with E-state index in [2.05, 4.69) is 40.5 Å². The maximum absolute atomic E-state index is 11.2. The van der Waals surface area contributed by atoms with Crippen LogP contribution in [0.3, 0.4) is 0 Å². The number of fused-ring (bicyclic) bond motifs is 1. The summed E-state index contributed by atoms with van der Waals surface area (Å²) < 4.78 is 0. The molecule has 5 nitrogen and oxygen atoms in total. The van der Waals surface area contributed by atoms with Crippen molar-refractivity contribution < 1.29 is 0 Å². The first kappa shape index (κ1) is 12.9. The van der Waals surface area contributed by atoms with Gasteiger partial charge in [-0.15, -0.1) is 0 Å². The SMILES string of the molecule is CNCNCC(C)(C)c1ccc2[nH]c(=O)[nH]c2c1. The zero-order chi connectivity index (χ0) is 13.2. The summed E-state index contributed by atoms with van der Waals surface area (Å²) in [6.45, 7) is 6.02. The Hall–Kier alpha value is -1.59. The molecule has 0 aliphatic rings. The minimum absolute atomic E-state index is 0.0131. The van der Waals surface area contributed by atoms with Crippen LogP contribution in [0.5, 0.6) is 0 Å². The minimum atomic E-state index is -0.159. The third-order valence-electron chi connectivity index (χ3n) is 3.17. The summed E-state index contributed by atoms with van der Waals surface area (Å²) >= 11 is 0. The normalized spacial score (nSPS) is 12.2. The van der Waals surface area contributed by atoms with E-state index < -0.39 is 0 Å². The van der Waals surface area contributed by atoms with E-state index in [1.165, 1.54) is 5.56 Å². The molecule has 1 aromatic heterocycles. The van der Waals surface area contributed by atoms with Crippen LogP contribution in [0.25, 0.3) is 11.0 Å². The molecule has 1 heterocycles. The van der Waals surface area contributed by atoms with Crippen LogP contribution >= 0.6 is 0 Å². The quantitative estimate of drug-likeness (QED) is 0.469. The lowest BCUT2D eigenvalue weighted by Crippen LogP contribution is -2.37. The second kappa shape index (κ2) is 4.96. The Kier molecular flexibility index (Phi) is 3.54. The number of imidazole rings is 1. The Morgan fingerprint density at radius 1 is 1.22 bits per heavy atom. The van der Waals surface area contributed by atoms with Crippen LogP contribution < -0.4 is 16.3 Å². The molecule has 0 fully saturated rings. The van der Waals surface area contributed by atoms with Crippen molar-refractivity contribution in [3.8, 4) is 0 Å². The standard InChI is InChI=1S/C13H20N4O/c1-13(2,7-15-8-14-3)9-4-5-10-11(6-9)17-12(18)16-10/h4-6,14-15H,7-8H2,1-3H3,(H2,16,17,18). The predicted octanol–water partition coefficient (Wildman–Crippen LogP) is 0.900. The summed E-state index contributed by atoms with van der Waals surface area (Å²) in [4.78, 5) is 16.8. The van der Waals surface area contributed by atoms with Crippen molar-refractivity contribution >= 4 is 11.0 Å². The first-order valence-corrected chi connectivity index (χ1v) is 6.11. The molecule has 0 bridgehead atoms. The zero-order valence-electron chi connectivity index (χ0n) is 11.1. The van der Waals surface area contributed by atoms with Gasteiger partial charge in [0, 0.05) is 18.6 Å². The van der Waals surface area contributed by atoms with Crippen LogP contribution in [-0.4, -0.2) is 30.2 Å². The third-order valence-corrected chi connectivity index (χ3v) is 3.17. The van der Waals surface area contributed by atoms with E-state index in [1.54, 1.807) is 0 Å². The maximum Gasteiger partial charge on any atom is 0.323 e. The summed E-state index contributed by atoms with van der Waals surface area (Å²) in [5.74, 6) is 0. The Bertz CT molecular complexity index is 582. The zero-order valence-corrected chi connectivity index (χ0v) is 11.1. The fourth-order valence-electron chi connectivity index (χ4n) is 2.06. The predicted molar refractivity (Wildman–Crippen MR) is 73.9 cm³/mol. The van der Waals surface area contributed by atoms with Crippen LogP contribution in [0.2, 0.25) is 0 Å². The lowest BCUT2D eigenvalue weighted by atomic mass is 9.84. The van der Waals surface area contributed by atoms with Gasteiger partial charge in [-0.25, -0.2) is 4.79 Å². The minimum Gasteiger partial charge on any atom is -0.308 e. The van der Waals surface area contributed by atoms with Gasteiger partial charge in [0.05, 0.1) is 11.0 Å². The number of aromatic nitrogens is 2. The largest absolute Gasteiger partial charge is 0.323 e. The van der Waals surface area contributed by atoms with Gasteiger partial charge in [0.2, 0.25) is 0 Å². The molecule has 18 heavy (non-hydrogen) atoms. The van der Waals surface area contributed by atoms with E-state index in [0.29, 0.717) is 0 Å². The van der Waals surface area contributed by atoms with Crippen LogP contribution in [-0.2, 0) is 5.41 Å². The van der Waals surface area contributed by atoms with Crippen molar-refractivity contribution in [1.82, 2.24) is 20.6 Å². The van der Waals surface area contributed by atoms with Crippen molar-refractivity contribution in [2.75, 3.05) is 20.3 Å². The number of nitrogens with one attached hydrogen (secondary N) is 4. The Balaban J connectivity index is 2.25. The van der Waals surface area contributed by atoms with E-state index in [1.807, 2.05) is 19.2 Å². The summed E-state index contributed by atoms with van der Waals surface area (Å²) in [5, 5.41) is 6.40. The van der Waals surface area contributed by atoms with E-state index in [9.17, 15) is 4.79 Å². The molecule has 0 spiro atoms. The van der Waals surface area contributed by atoms with E-state index in [4.69, 9.17) is 0 Å². The van der Waals surface area contributed by atoms with Gasteiger partial charge in [-0.3, -0.25) is 0 Å². The summed E-state index contributed by atoms with van der Waals surface area (Å²) in [5.41, 5.74) is 2.77. The summed E-state index contributed by atoms with van der Waals surface area (Å²) in [7, 11) is 1.91. The third kappa shape index (κ3) is 2.63. The molecule has 4 N–H and O–H groups in total. The monoisotopic (exact) mass is 248 g/mol. The van der Waals surface area contributed by atoms with E-state index >= 15 is 0 Å². The van der Waals surface area contributed by atoms with Crippen LogP contribution in [0.4, 0.5) is 0 Å². The topological polar surface area (TPSA) is 72.7 Å². The number of benzene rings is 1. The highest BCUT2D eigenvalue weighted by Crippen LogP contribution is 2.24. The number of hydrogen-bond acceptors (Lipinski definition) is 3. The van der Waals surface area contributed by atoms with Gasteiger partial charge >= 0.3 is 5.69 Å². The number of H-pyrrole nitrogens is 2. The lowest BCUT2D eigenvalue weighted by molar-refractivity contribution is 0.461. The molecule has 1 aromatic carbocycles. The molecule has 0 radical (unpaired) electrons. The van der Waals surface area contributed by atoms with Crippen molar-refractivity contribution in [2.45, 2.75) is 19.3 Å². The number of rotatable bonds is 5. The van der Waals surface area contributed by atoms with Gasteiger partial charge in [-0.1, -0.05) is 19.9 Å². The fraction of sp³-hybridized carbons (Fsp3) is 0.462. The van der Waals surface area contributed by atoms with Crippen molar-refractivity contribution in [2.24, 2.45) is 0 Å². The van der Waals surface area contributed by atoms with Gasteiger partial charge in [0.15, 0.2) is 0 Å². The molecule has 0 saturated heterocycles. The van der Waals surface area contributed by atoms with Crippen LogP contribution in [0, 0.1) is 0 Å².